The molecular weight excluding hydrogens is 174 g/mol. The van der Waals surface area contributed by atoms with Crippen molar-refractivity contribution in [1.82, 2.24) is 0 Å². The zero-order valence-electron chi connectivity index (χ0n) is 8.28. The molecule has 1 aromatic rings. The minimum atomic E-state index is 0.226. The first-order chi connectivity index (χ1) is 6.72. The summed E-state index contributed by atoms with van der Waals surface area (Å²) in [5.41, 5.74) is 11.4. The molecule has 0 unspecified atom stereocenters. The summed E-state index contributed by atoms with van der Waals surface area (Å²) in [6.07, 6.45) is 0. The van der Waals surface area contributed by atoms with Crippen LogP contribution in [0.1, 0.15) is 16.7 Å². The van der Waals surface area contributed by atoms with Gasteiger partial charge in [-0.15, -0.1) is 0 Å². The Labute approximate surface area is 83.4 Å². The Morgan fingerprint density at radius 3 is 2.50 bits per heavy atom. The molecule has 0 amide bonds. The number of rotatable bonds is 1. The first-order valence-electron chi connectivity index (χ1n) is 4.30. The quantitative estimate of drug-likeness (QED) is 0.279. The molecule has 0 heterocycles. The summed E-state index contributed by atoms with van der Waals surface area (Å²) in [5.74, 6) is 5.73. The number of hydrogen-bond acceptors (Lipinski definition) is 1. The van der Waals surface area contributed by atoms with Gasteiger partial charge in [0.1, 0.15) is 0 Å². The Bertz CT molecular complexity index is 411. The van der Waals surface area contributed by atoms with Crippen LogP contribution in [0, 0.1) is 25.7 Å². The predicted molar refractivity (Wildman–Crippen MR) is 56.8 cm³/mol. The SMILES string of the molecule is Cc1cc(C)cc(C#CCN=[N+]=[N-])c1. The van der Waals surface area contributed by atoms with Gasteiger partial charge in [-0.05, 0) is 42.6 Å². The van der Waals surface area contributed by atoms with Gasteiger partial charge in [0.25, 0.3) is 0 Å². The number of nitrogens with zero attached hydrogens (tertiary/aromatic N) is 3. The second-order valence-corrected chi connectivity index (χ2v) is 3.07. The first-order valence-corrected chi connectivity index (χ1v) is 4.30. The number of aryl methyl sites for hydroxylation is 2. The van der Waals surface area contributed by atoms with Crippen molar-refractivity contribution in [3.05, 3.63) is 45.3 Å². The van der Waals surface area contributed by atoms with E-state index in [1.807, 2.05) is 26.0 Å². The summed E-state index contributed by atoms with van der Waals surface area (Å²) in [6, 6.07) is 6.12. The zero-order valence-corrected chi connectivity index (χ0v) is 8.28. The van der Waals surface area contributed by atoms with Gasteiger partial charge in [-0.3, -0.25) is 0 Å². The predicted octanol–water partition coefficient (Wildman–Crippen LogP) is 2.97. The van der Waals surface area contributed by atoms with Crippen LogP contribution in [-0.2, 0) is 0 Å². The summed E-state index contributed by atoms with van der Waals surface area (Å²) >= 11 is 0. The fourth-order valence-electron chi connectivity index (χ4n) is 1.26. The highest BCUT2D eigenvalue weighted by molar-refractivity contribution is 5.40. The van der Waals surface area contributed by atoms with Crippen LogP contribution in [0.3, 0.4) is 0 Å². The smallest absolute Gasteiger partial charge is 0.0880 e. The molecule has 0 fully saturated rings. The molecular formula is C11H11N3. The monoisotopic (exact) mass is 185 g/mol. The van der Waals surface area contributed by atoms with Crippen molar-refractivity contribution in [2.45, 2.75) is 13.8 Å². The molecule has 0 spiro atoms. The van der Waals surface area contributed by atoms with E-state index < -0.39 is 0 Å². The van der Waals surface area contributed by atoms with E-state index in [0.717, 1.165) is 5.56 Å². The molecule has 0 bridgehead atoms. The van der Waals surface area contributed by atoms with E-state index in [2.05, 4.69) is 27.9 Å². The Balaban J connectivity index is 2.84. The second-order valence-electron chi connectivity index (χ2n) is 3.07. The van der Waals surface area contributed by atoms with Gasteiger partial charge in [0, 0.05) is 10.5 Å². The van der Waals surface area contributed by atoms with Gasteiger partial charge in [-0.25, -0.2) is 0 Å². The van der Waals surface area contributed by atoms with Crippen LogP contribution in [0.5, 0.6) is 0 Å². The van der Waals surface area contributed by atoms with Crippen LogP contribution in [0.4, 0.5) is 0 Å². The number of hydrogen-bond donors (Lipinski definition) is 0. The van der Waals surface area contributed by atoms with Gasteiger partial charge in [-0.2, -0.15) is 0 Å². The molecule has 1 aromatic carbocycles. The molecule has 70 valence electrons. The van der Waals surface area contributed by atoms with Crippen LogP contribution in [0.15, 0.2) is 23.3 Å². The van der Waals surface area contributed by atoms with Crippen molar-refractivity contribution in [2.24, 2.45) is 5.11 Å². The zero-order chi connectivity index (χ0) is 10.4. The summed E-state index contributed by atoms with van der Waals surface area (Å²) in [5, 5.41) is 3.34. The lowest BCUT2D eigenvalue weighted by Crippen LogP contribution is -1.81. The lowest BCUT2D eigenvalue weighted by Gasteiger charge is -1.97. The molecule has 0 atom stereocenters. The van der Waals surface area contributed by atoms with E-state index >= 15 is 0 Å². The summed E-state index contributed by atoms with van der Waals surface area (Å²) in [6.45, 7) is 4.29. The maximum atomic E-state index is 8.04. The largest absolute Gasteiger partial charge is 0.0919 e. The molecule has 14 heavy (non-hydrogen) atoms. The average Bonchev–Trinajstić information content (AvgIpc) is 2.11. The van der Waals surface area contributed by atoms with Gasteiger partial charge in [-0.1, -0.05) is 23.0 Å². The van der Waals surface area contributed by atoms with Gasteiger partial charge in [0.15, 0.2) is 0 Å². The summed E-state index contributed by atoms with van der Waals surface area (Å²) in [7, 11) is 0. The molecule has 0 aromatic heterocycles. The first kappa shape index (κ1) is 10.2. The van der Waals surface area contributed by atoms with E-state index in [0.29, 0.717) is 0 Å². The standard InChI is InChI=1S/C11H11N3/c1-9-6-10(2)8-11(7-9)4-3-5-13-14-12/h6-8H,5H2,1-2H3. The minimum Gasteiger partial charge on any atom is -0.0919 e. The third-order valence-electron chi connectivity index (χ3n) is 1.67. The van der Waals surface area contributed by atoms with Crippen LogP contribution < -0.4 is 0 Å². The molecule has 0 radical (unpaired) electrons. The van der Waals surface area contributed by atoms with Crippen molar-refractivity contribution < 1.29 is 0 Å². The highest BCUT2D eigenvalue weighted by atomic mass is 15.1. The normalized spacial score (nSPS) is 8.43. The highest BCUT2D eigenvalue weighted by Crippen LogP contribution is 2.07. The average molecular weight is 185 g/mol. The summed E-state index contributed by atoms with van der Waals surface area (Å²) < 4.78 is 0. The van der Waals surface area contributed by atoms with Crippen LogP contribution in [0.2, 0.25) is 0 Å². The van der Waals surface area contributed by atoms with Gasteiger partial charge in [0.2, 0.25) is 0 Å². The van der Waals surface area contributed by atoms with Crippen molar-refractivity contribution >= 4 is 0 Å². The molecule has 0 aliphatic rings. The fraction of sp³-hybridized carbons (Fsp3) is 0.273. The van der Waals surface area contributed by atoms with Crippen molar-refractivity contribution in [3.63, 3.8) is 0 Å². The Morgan fingerprint density at radius 2 is 1.93 bits per heavy atom. The van der Waals surface area contributed by atoms with Gasteiger partial charge >= 0.3 is 0 Å². The molecule has 0 aliphatic heterocycles. The lowest BCUT2D eigenvalue weighted by atomic mass is 10.1. The molecule has 3 heteroatoms. The van der Waals surface area contributed by atoms with E-state index in [1.165, 1.54) is 11.1 Å². The third kappa shape index (κ3) is 3.22. The molecule has 0 N–H and O–H groups in total. The van der Waals surface area contributed by atoms with E-state index in [1.54, 1.807) is 0 Å². The van der Waals surface area contributed by atoms with Crippen molar-refractivity contribution in [1.29, 1.82) is 0 Å². The van der Waals surface area contributed by atoms with Crippen LogP contribution >= 0.6 is 0 Å². The molecule has 1 rings (SSSR count). The maximum Gasteiger partial charge on any atom is 0.0880 e. The fourth-order valence-corrected chi connectivity index (χ4v) is 1.26. The van der Waals surface area contributed by atoms with Gasteiger partial charge in [0.05, 0.1) is 6.54 Å². The van der Waals surface area contributed by atoms with Crippen molar-refractivity contribution in [2.75, 3.05) is 6.54 Å². The molecule has 0 saturated heterocycles. The minimum absolute atomic E-state index is 0.226. The maximum absolute atomic E-state index is 8.04. The van der Waals surface area contributed by atoms with Gasteiger partial charge < -0.3 is 0 Å². The van der Waals surface area contributed by atoms with Crippen LogP contribution in [0.25, 0.3) is 10.4 Å². The molecule has 0 saturated carbocycles. The summed E-state index contributed by atoms with van der Waals surface area (Å²) in [4.78, 5) is 2.62. The van der Waals surface area contributed by atoms with E-state index in [4.69, 9.17) is 5.53 Å². The number of azide groups is 1. The Hall–Kier alpha value is -1.91. The third-order valence-corrected chi connectivity index (χ3v) is 1.67. The highest BCUT2D eigenvalue weighted by Gasteiger charge is 1.90. The van der Waals surface area contributed by atoms with E-state index in [-0.39, 0.29) is 6.54 Å². The van der Waals surface area contributed by atoms with Crippen molar-refractivity contribution in [3.8, 4) is 11.8 Å². The number of benzene rings is 1. The lowest BCUT2D eigenvalue weighted by molar-refractivity contribution is 1.25. The Kier molecular flexibility index (Phi) is 3.60. The molecule has 3 nitrogen and oxygen atoms in total. The Morgan fingerprint density at radius 1 is 1.29 bits per heavy atom. The van der Waals surface area contributed by atoms with Crippen LogP contribution in [-0.4, -0.2) is 6.54 Å². The topological polar surface area (TPSA) is 48.8 Å². The second kappa shape index (κ2) is 4.96. The molecule has 0 aliphatic carbocycles. The van der Waals surface area contributed by atoms with E-state index in [9.17, 15) is 0 Å².